The third-order valence-corrected chi connectivity index (χ3v) is 6.61. The maximum absolute atomic E-state index is 12.4. The highest BCUT2D eigenvalue weighted by Crippen LogP contribution is 2.17. The summed E-state index contributed by atoms with van der Waals surface area (Å²) in [5, 5.41) is 2.69. The first-order chi connectivity index (χ1) is 13.0. The molecule has 2 amide bonds. The van der Waals surface area contributed by atoms with Crippen LogP contribution in [0.5, 0.6) is 0 Å². The number of nitrogens with one attached hydrogen (secondary N) is 1. The Labute approximate surface area is 159 Å². The van der Waals surface area contributed by atoms with Gasteiger partial charge in [-0.25, -0.2) is 8.42 Å². The van der Waals surface area contributed by atoms with Gasteiger partial charge in [0.1, 0.15) is 0 Å². The third kappa shape index (κ3) is 5.27. The zero-order chi connectivity index (χ0) is 19.3. The number of amides is 2. The molecule has 3 rings (SSSR count). The Morgan fingerprint density at radius 2 is 1.78 bits per heavy atom. The predicted octanol–water partition coefficient (Wildman–Crippen LogP) is 0.913. The lowest BCUT2D eigenvalue weighted by Gasteiger charge is -2.25. The summed E-state index contributed by atoms with van der Waals surface area (Å²) in [5.41, 5.74) is 1.02. The average Bonchev–Trinajstić information content (AvgIpc) is 3.22. The number of carbonyl (C=O) groups excluding carboxylic acids is 2. The van der Waals surface area contributed by atoms with E-state index < -0.39 is 15.9 Å². The van der Waals surface area contributed by atoms with Crippen LogP contribution < -0.4 is 5.32 Å². The second kappa shape index (κ2) is 8.81. The Morgan fingerprint density at radius 3 is 2.48 bits per heavy atom. The molecule has 2 aliphatic heterocycles. The zero-order valence-corrected chi connectivity index (χ0v) is 16.0. The van der Waals surface area contributed by atoms with Crippen molar-refractivity contribution in [3.05, 3.63) is 29.8 Å². The fourth-order valence-corrected chi connectivity index (χ4v) is 4.64. The number of likely N-dealkylation sites (tertiary alicyclic amines) is 1. The summed E-state index contributed by atoms with van der Waals surface area (Å²) in [4.78, 5) is 26.4. The second-order valence-electron chi connectivity index (χ2n) is 6.71. The van der Waals surface area contributed by atoms with Crippen LogP contribution in [0.1, 0.15) is 29.6 Å². The lowest BCUT2D eigenvalue weighted by molar-refractivity contribution is -0.115. The summed E-state index contributed by atoms with van der Waals surface area (Å²) in [7, 11) is -3.47. The fourth-order valence-electron chi connectivity index (χ4n) is 3.23. The Bertz CT molecular complexity index is 784. The van der Waals surface area contributed by atoms with E-state index in [0.29, 0.717) is 37.6 Å². The minimum atomic E-state index is -3.47. The quantitative estimate of drug-likeness (QED) is 0.773. The number of anilines is 1. The molecule has 2 aliphatic rings. The van der Waals surface area contributed by atoms with Crippen LogP contribution in [0.25, 0.3) is 0 Å². The Morgan fingerprint density at radius 1 is 1.07 bits per heavy atom. The van der Waals surface area contributed by atoms with Crippen molar-refractivity contribution in [1.82, 2.24) is 9.21 Å². The normalized spacial score (nSPS) is 18.4. The summed E-state index contributed by atoms with van der Waals surface area (Å²) < 4.78 is 31.1. The highest BCUT2D eigenvalue weighted by molar-refractivity contribution is 7.89. The van der Waals surface area contributed by atoms with E-state index in [-0.39, 0.29) is 18.1 Å². The van der Waals surface area contributed by atoms with Crippen LogP contribution in [0.3, 0.4) is 0 Å². The van der Waals surface area contributed by atoms with Gasteiger partial charge in [0.05, 0.1) is 19.0 Å². The highest BCUT2D eigenvalue weighted by atomic mass is 32.2. The van der Waals surface area contributed by atoms with Gasteiger partial charge in [-0.05, 0) is 31.0 Å². The number of ether oxygens (including phenoxy) is 1. The smallest absolute Gasteiger partial charge is 0.253 e. The van der Waals surface area contributed by atoms with Crippen molar-refractivity contribution < 1.29 is 22.7 Å². The maximum Gasteiger partial charge on any atom is 0.253 e. The van der Waals surface area contributed by atoms with E-state index in [2.05, 4.69) is 5.32 Å². The van der Waals surface area contributed by atoms with Crippen LogP contribution in [-0.2, 0) is 19.6 Å². The van der Waals surface area contributed by atoms with Gasteiger partial charge in [-0.15, -0.1) is 0 Å². The molecular weight excluding hydrogens is 370 g/mol. The molecule has 8 nitrogen and oxygen atoms in total. The molecule has 0 bridgehead atoms. The largest absolute Gasteiger partial charge is 0.379 e. The topological polar surface area (TPSA) is 96.0 Å². The number of rotatable bonds is 6. The van der Waals surface area contributed by atoms with Crippen molar-refractivity contribution in [1.29, 1.82) is 0 Å². The first-order valence-corrected chi connectivity index (χ1v) is 10.8. The number of hydrogen-bond acceptors (Lipinski definition) is 5. The third-order valence-electron chi connectivity index (χ3n) is 4.74. The first-order valence-electron chi connectivity index (χ1n) is 9.20. The summed E-state index contributed by atoms with van der Waals surface area (Å²) in [6, 6.07) is 6.76. The van der Waals surface area contributed by atoms with E-state index in [4.69, 9.17) is 4.74 Å². The van der Waals surface area contributed by atoms with Gasteiger partial charge in [-0.1, -0.05) is 6.07 Å². The van der Waals surface area contributed by atoms with Gasteiger partial charge in [0.25, 0.3) is 5.91 Å². The van der Waals surface area contributed by atoms with Crippen LogP contribution in [-0.4, -0.2) is 74.6 Å². The Hall–Kier alpha value is -1.97. The molecule has 0 saturated carbocycles. The lowest BCUT2D eigenvalue weighted by atomic mass is 10.1. The van der Waals surface area contributed by atoms with Crippen molar-refractivity contribution >= 4 is 27.5 Å². The van der Waals surface area contributed by atoms with Crippen LogP contribution in [0.2, 0.25) is 0 Å². The summed E-state index contributed by atoms with van der Waals surface area (Å²) in [6.45, 7) is 2.92. The molecule has 2 heterocycles. The van der Waals surface area contributed by atoms with Gasteiger partial charge < -0.3 is 15.0 Å². The molecule has 1 N–H and O–H groups in total. The monoisotopic (exact) mass is 395 g/mol. The summed E-state index contributed by atoms with van der Waals surface area (Å²) >= 11 is 0. The number of benzene rings is 1. The van der Waals surface area contributed by atoms with Crippen molar-refractivity contribution in [2.45, 2.75) is 19.3 Å². The maximum atomic E-state index is 12.4. The zero-order valence-electron chi connectivity index (χ0n) is 15.2. The SMILES string of the molecule is O=C(CCS(=O)(=O)N1CCOCC1)Nc1cccc(C(=O)N2CCCC2)c1. The van der Waals surface area contributed by atoms with Gasteiger partial charge in [-0.2, -0.15) is 4.31 Å². The number of sulfonamides is 1. The number of nitrogens with zero attached hydrogens (tertiary/aromatic N) is 2. The molecule has 1 aromatic carbocycles. The number of morpholine rings is 1. The minimum absolute atomic E-state index is 0.0431. The molecule has 0 radical (unpaired) electrons. The molecule has 0 aliphatic carbocycles. The Kier molecular flexibility index (Phi) is 6.46. The van der Waals surface area contributed by atoms with E-state index in [9.17, 15) is 18.0 Å². The van der Waals surface area contributed by atoms with Crippen LogP contribution in [0.15, 0.2) is 24.3 Å². The number of hydrogen-bond donors (Lipinski definition) is 1. The first kappa shape index (κ1) is 19.8. The van der Waals surface area contributed by atoms with Gasteiger partial charge in [0, 0.05) is 43.9 Å². The van der Waals surface area contributed by atoms with Crippen molar-refractivity contribution in [2.24, 2.45) is 0 Å². The van der Waals surface area contributed by atoms with Crippen LogP contribution >= 0.6 is 0 Å². The molecule has 2 saturated heterocycles. The van der Waals surface area contributed by atoms with Crippen LogP contribution in [0, 0.1) is 0 Å². The van der Waals surface area contributed by atoms with Crippen molar-refractivity contribution in [3.63, 3.8) is 0 Å². The van der Waals surface area contributed by atoms with E-state index in [1.165, 1.54) is 4.31 Å². The standard InChI is InChI=1S/C18H25N3O5S/c22-17(6-13-27(24,25)21-9-11-26-12-10-21)19-16-5-3-4-15(14-16)18(23)20-7-1-2-8-20/h3-5,14H,1-2,6-13H2,(H,19,22). The second-order valence-corrected chi connectivity index (χ2v) is 8.79. The van der Waals surface area contributed by atoms with E-state index in [1.54, 1.807) is 29.2 Å². The molecule has 0 aromatic heterocycles. The van der Waals surface area contributed by atoms with Gasteiger partial charge >= 0.3 is 0 Å². The fraction of sp³-hybridized carbons (Fsp3) is 0.556. The molecule has 0 spiro atoms. The lowest BCUT2D eigenvalue weighted by Crippen LogP contribution is -2.42. The molecule has 0 unspecified atom stereocenters. The number of carbonyl (C=O) groups is 2. The molecule has 9 heteroatoms. The van der Waals surface area contributed by atoms with Gasteiger partial charge in [0.2, 0.25) is 15.9 Å². The van der Waals surface area contributed by atoms with Crippen molar-refractivity contribution in [3.8, 4) is 0 Å². The molecule has 148 valence electrons. The summed E-state index contributed by atoms with van der Waals surface area (Å²) in [5.74, 6) is -0.679. The highest BCUT2D eigenvalue weighted by Gasteiger charge is 2.25. The van der Waals surface area contributed by atoms with Gasteiger partial charge in [0.15, 0.2) is 0 Å². The van der Waals surface area contributed by atoms with E-state index >= 15 is 0 Å². The summed E-state index contributed by atoms with van der Waals surface area (Å²) in [6.07, 6.45) is 1.89. The molecule has 27 heavy (non-hydrogen) atoms. The molecular formula is C18H25N3O5S. The molecule has 0 atom stereocenters. The molecule has 2 fully saturated rings. The minimum Gasteiger partial charge on any atom is -0.379 e. The van der Waals surface area contributed by atoms with E-state index in [0.717, 1.165) is 25.9 Å². The Balaban J connectivity index is 1.54. The van der Waals surface area contributed by atoms with E-state index in [1.807, 2.05) is 0 Å². The van der Waals surface area contributed by atoms with Crippen molar-refractivity contribution in [2.75, 3.05) is 50.5 Å². The predicted molar refractivity (Wildman–Crippen MR) is 101 cm³/mol. The molecule has 1 aromatic rings. The van der Waals surface area contributed by atoms with Gasteiger partial charge in [-0.3, -0.25) is 9.59 Å². The average molecular weight is 395 g/mol. The van der Waals surface area contributed by atoms with Crippen LogP contribution in [0.4, 0.5) is 5.69 Å².